The summed E-state index contributed by atoms with van der Waals surface area (Å²) in [6.07, 6.45) is 0. The van der Waals surface area contributed by atoms with Crippen LogP contribution in [0.3, 0.4) is 0 Å². The molecule has 3 nitrogen and oxygen atoms in total. The summed E-state index contributed by atoms with van der Waals surface area (Å²) in [5.74, 6) is -0.416. The first-order valence-electron chi connectivity index (χ1n) is 4.75. The van der Waals surface area contributed by atoms with E-state index in [0.29, 0.717) is 23.8 Å². The highest BCUT2D eigenvalue weighted by molar-refractivity contribution is 6.33. The van der Waals surface area contributed by atoms with Crippen molar-refractivity contribution >= 4 is 17.6 Å². The Kier molecular flexibility index (Phi) is 5.15. The Balaban J connectivity index is 2.44. The van der Waals surface area contributed by atoms with E-state index in [1.807, 2.05) is 6.92 Å². The minimum atomic E-state index is -0.416. The topological polar surface area (TPSA) is 35.5 Å². The average Bonchev–Trinajstić information content (AvgIpc) is 2.25. The minimum Gasteiger partial charge on any atom is -0.460 e. The third-order valence-corrected chi connectivity index (χ3v) is 2.09. The molecule has 0 aliphatic heterocycles. The van der Waals surface area contributed by atoms with E-state index >= 15 is 0 Å². The van der Waals surface area contributed by atoms with Gasteiger partial charge in [-0.2, -0.15) is 0 Å². The minimum absolute atomic E-state index is 0.248. The molecule has 0 bridgehead atoms. The molecule has 0 spiro atoms. The molecule has 0 atom stereocenters. The largest absolute Gasteiger partial charge is 0.460 e. The van der Waals surface area contributed by atoms with Gasteiger partial charge in [0.1, 0.15) is 6.61 Å². The molecule has 0 amide bonds. The Morgan fingerprint density at radius 3 is 2.73 bits per heavy atom. The second kappa shape index (κ2) is 6.43. The number of esters is 1. The van der Waals surface area contributed by atoms with Crippen molar-refractivity contribution < 1.29 is 14.3 Å². The van der Waals surface area contributed by atoms with Crippen molar-refractivity contribution in [3.8, 4) is 0 Å². The molecule has 15 heavy (non-hydrogen) atoms. The van der Waals surface area contributed by atoms with Gasteiger partial charge >= 0.3 is 5.97 Å². The van der Waals surface area contributed by atoms with Gasteiger partial charge in [0.15, 0.2) is 0 Å². The summed E-state index contributed by atoms with van der Waals surface area (Å²) in [6.45, 7) is 3.16. The van der Waals surface area contributed by atoms with Gasteiger partial charge in [-0.05, 0) is 19.1 Å². The zero-order valence-corrected chi connectivity index (χ0v) is 9.29. The number of benzene rings is 1. The van der Waals surface area contributed by atoms with Gasteiger partial charge in [-0.1, -0.05) is 23.7 Å². The van der Waals surface area contributed by atoms with E-state index in [1.54, 1.807) is 24.3 Å². The zero-order valence-electron chi connectivity index (χ0n) is 8.53. The molecule has 0 heterocycles. The lowest BCUT2D eigenvalue weighted by molar-refractivity contribution is 0.0335. The van der Waals surface area contributed by atoms with Crippen LogP contribution in [0.5, 0.6) is 0 Å². The number of hydrogen-bond donors (Lipinski definition) is 0. The van der Waals surface area contributed by atoms with Gasteiger partial charge in [-0.25, -0.2) is 4.79 Å². The lowest BCUT2D eigenvalue weighted by Crippen LogP contribution is -2.11. The van der Waals surface area contributed by atoms with Gasteiger partial charge in [-0.3, -0.25) is 0 Å². The highest BCUT2D eigenvalue weighted by Crippen LogP contribution is 2.15. The van der Waals surface area contributed by atoms with Crippen molar-refractivity contribution in [3.05, 3.63) is 34.9 Å². The molecular formula is C11H13ClO3. The Morgan fingerprint density at radius 1 is 1.33 bits per heavy atom. The van der Waals surface area contributed by atoms with E-state index in [0.717, 1.165) is 0 Å². The van der Waals surface area contributed by atoms with Crippen molar-refractivity contribution in [1.82, 2.24) is 0 Å². The number of carbonyl (C=O) groups is 1. The summed E-state index contributed by atoms with van der Waals surface area (Å²) < 4.78 is 10.0. The summed E-state index contributed by atoms with van der Waals surface area (Å²) in [6, 6.07) is 6.79. The summed E-state index contributed by atoms with van der Waals surface area (Å²) in [7, 11) is 0. The normalized spacial score (nSPS) is 10.0. The fourth-order valence-electron chi connectivity index (χ4n) is 1.04. The van der Waals surface area contributed by atoms with E-state index in [2.05, 4.69) is 0 Å². The van der Waals surface area contributed by atoms with Crippen LogP contribution in [0.25, 0.3) is 0 Å². The van der Waals surface area contributed by atoms with Crippen LogP contribution in [0.1, 0.15) is 17.3 Å². The second-order valence-corrected chi connectivity index (χ2v) is 3.22. The highest BCUT2D eigenvalue weighted by Gasteiger charge is 2.10. The molecule has 0 fully saturated rings. The molecule has 0 radical (unpaired) electrons. The molecule has 0 aliphatic carbocycles. The standard InChI is InChI=1S/C11H13ClO3/c1-2-14-7-8-15-11(13)9-5-3-4-6-10(9)12/h3-6H,2,7-8H2,1H3. The molecular weight excluding hydrogens is 216 g/mol. The molecule has 1 aromatic carbocycles. The number of halogens is 1. The SMILES string of the molecule is CCOCCOC(=O)c1ccccc1Cl. The molecule has 0 aliphatic rings. The average molecular weight is 229 g/mol. The first-order chi connectivity index (χ1) is 7.25. The lowest BCUT2D eigenvalue weighted by atomic mass is 10.2. The Hall–Kier alpha value is -1.06. The quantitative estimate of drug-likeness (QED) is 0.574. The maximum absolute atomic E-state index is 11.5. The third kappa shape index (κ3) is 3.90. The van der Waals surface area contributed by atoms with Crippen molar-refractivity contribution in [2.45, 2.75) is 6.92 Å². The first kappa shape index (κ1) is 12.0. The number of carbonyl (C=O) groups excluding carboxylic acids is 1. The van der Waals surface area contributed by atoms with E-state index in [1.165, 1.54) is 0 Å². The van der Waals surface area contributed by atoms with Crippen LogP contribution in [-0.4, -0.2) is 25.8 Å². The summed E-state index contributed by atoms with van der Waals surface area (Å²) in [4.78, 5) is 11.5. The van der Waals surface area contributed by atoms with Crippen LogP contribution >= 0.6 is 11.6 Å². The monoisotopic (exact) mass is 228 g/mol. The predicted octanol–water partition coefficient (Wildman–Crippen LogP) is 2.53. The molecule has 1 rings (SSSR count). The molecule has 0 saturated carbocycles. The smallest absolute Gasteiger partial charge is 0.339 e. The van der Waals surface area contributed by atoms with Crippen molar-refractivity contribution in [2.24, 2.45) is 0 Å². The molecule has 1 aromatic rings. The Bertz CT molecular complexity index is 325. The summed E-state index contributed by atoms with van der Waals surface area (Å²) >= 11 is 5.83. The predicted molar refractivity (Wildman–Crippen MR) is 58.2 cm³/mol. The van der Waals surface area contributed by atoms with Gasteiger partial charge < -0.3 is 9.47 Å². The van der Waals surface area contributed by atoms with E-state index in [-0.39, 0.29) is 6.61 Å². The van der Waals surface area contributed by atoms with Gasteiger partial charge in [0.05, 0.1) is 17.2 Å². The van der Waals surface area contributed by atoms with Crippen LogP contribution in [-0.2, 0) is 9.47 Å². The maximum atomic E-state index is 11.5. The van der Waals surface area contributed by atoms with Gasteiger partial charge in [0.2, 0.25) is 0 Å². The molecule has 4 heteroatoms. The Labute approximate surface area is 93.9 Å². The van der Waals surface area contributed by atoms with Gasteiger partial charge in [0, 0.05) is 6.61 Å². The Morgan fingerprint density at radius 2 is 2.07 bits per heavy atom. The maximum Gasteiger partial charge on any atom is 0.339 e. The van der Waals surface area contributed by atoms with Crippen molar-refractivity contribution in [2.75, 3.05) is 19.8 Å². The van der Waals surface area contributed by atoms with Gasteiger partial charge in [0.25, 0.3) is 0 Å². The number of ether oxygens (including phenoxy) is 2. The lowest BCUT2D eigenvalue weighted by Gasteiger charge is -2.05. The highest BCUT2D eigenvalue weighted by atomic mass is 35.5. The second-order valence-electron chi connectivity index (χ2n) is 2.81. The van der Waals surface area contributed by atoms with Crippen LogP contribution in [0, 0.1) is 0 Å². The zero-order chi connectivity index (χ0) is 11.1. The van der Waals surface area contributed by atoms with Crippen molar-refractivity contribution in [1.29, 1.82) is 0 Å². The molecule has 0 aromatic heterocycles. The first-order valence-corrected chi connectivity index (χ1v) is 5.13. The van der Waals surface area contributed by atoms with E-state index < -0.39 is 5.97 Å². The third-order valence-electron chi connectivity index (χ3n) is 1.76. The van der Waals surface area contributed by atoms with E-state index in [4.69, 9.17) is 21.1 Å². The van der Waals surface area contributed by atoms with E-state index in [9.17, 15) is 4.79 Å². The van der Waals surface area contributed by atoms with Crippen LogP contribution in [0.15, 0.2) is 24.3 Å². The van der Waals surface area contributed by atoms with Gasteiger partial charge in [-0.15, -0.1) is 0 Å². The summed E-state index contributed by atoms with van der Waals surface area (Å²) in [5, 5.41) is 0.402. The molecule has 82 valence electrons. The summed E-state index contributed by atoms with van der Waals surface area (Å²) in [5.41, 5.74) is 0.385. The molecule has 0 unspecified atom stereocenters. The molecule has 0 N–H and O–H groups in total. The number of hydrogen-bond acceptors (Lipinski definition) is 3. The fourth-order valence-corrected chi connectivity index (χ4v) is 1.26. The number of rotatable bonds is 5. The fraction of sp³-hybridized carbons (Fsp3) is 0.364. The van der Waals surface area contributed by atoms with Crippen LogP contribution < -0.4 is 0 Å². The van der Waals surface area contributed by atoms with Crippen LogP contribution in [0.4, 0.5) is 0 Å². The van der Waals surface area contributed by atoms with Crippen LogP contribution in [0.2, 0.25) is 5.02 Å². The van der Waals surface area contributed by atoms with Crippen molar-refractivity contribution in [3.63, 3.8) is 0 Å². The molecule has 0 saturated heterocycles.